The molecule has 1 aromatic rings. The van der Waals surface area contributed by atoms with Crippen molar-refractivity contribution in [3.05, 3.63) is 11.4 Å². The number of aromatic nitrogens is 2. The lowest BCUT2D eigenvalue weighted by atomic mass is 9.82. The van der Waals surface area contributed by atoms with E-state index in [-0.39, 0.29) is 5.91 Å². The van der Waals surface area contributed by atoms with Crippen LogP contribution in [0.5, 0.6) is 0 Å². The highest BCUT2D eigenvalue weighted by Gasteiger charge is 2.35. The molecule has 0 saturated heterocycles. The average Bonchev–Trinajstić information content (AvgIpc) is 2.62. The first-order valence-corrected chi connectivity index (χ1v) is 6.15. The molecule has 0 spiro atoms. The second-order valence-electron chi connectivity index (χ2n) is 4.98. The van der Waals surface area contributed by atoms with Crippen molar-refractivity contribution in [1.29, 1.82) is 0 Å². The number of rotatable bonds is 2. The van der Waals surface area contributed by atoms with E-state index < -0.39 is 5.54 Å². The number of nitrogens with zero attached hydrogens (tertiary/aromatic N) is 1. The minimum absolute atomic E-state index is 0.0789. The van der Waals surface area contributed by atoms with Gasteiger partial charge in [0.25, 0.3) is 0 Å². The molecule has 4 N–H and O–H groups in total. The van der Waals surface area contributed by atoms with Crippen LogP contribution in [-0.2, 0) is 4.79 Å². The Bertz CT molecular complexity index is 399. The predicted molar refractivity (Wildman–Crippen MR) is 66.7 cm³/mol. The number of H-pyrrole nitrogens is 1. The van der Waals surface area contributed by atoms with Crippen LogP contribution in [0.15, 0.2) is 0 Å². The van der Waals surface area contributed by atoms with E-state index in [0.717, 1.165) is 42.8 Å². The summed E-state index contributed by atoms with van der Waals surface area (Å²) in [6.07, 6.45) is 4.79. The zero-order valence-corrected chi connectivity index (χ0v) is 10.5. The van der Waals surface area contributed by atoms with Crippen LogP contribution in [0.4, 0.5) is 5.69 Å². The van der Waals surface area contributed by atoms with Crippen molar-refractivity contribution in [2.45, 2.75) is 51.5 Å². The average molecular weight is 236 g/mol. The summed E-state index contributed by atoms with van der Waals surface area (Å²) in [6.45, 7) is 3.75. The molecule has 1 heterocycles. The van der Waals surface area contributed by atoms with E-state index >= 15 is 0 Å². The third kappa shape index (κ3) is 2.34. The smallest absolute Gasteiger partial charge is 0.244 e. The second-order valence-corrected chi connectivity index (χ2v) is 4.98. The maximum atomic E-state index is 12.2. The van der Waals surface area contributed by atoms with Crippen LogP contribution in [0.2, 0.25) is 0 Å². The van der Waals surface area contributed by atoms with Gasteiger partial charge in [0.05, 0.1) is 22.6 Å². The third-order valence-corrected chi connectivity index (χ3v) is 3.56. The maximum absolute atomic E-state index is 12.2. The molecule has 0 bridgehead atoms. The van der Waals surface area contributed by atoms with Gasteiger partial charge in [-0.25, -0.2) is 0 Å². The minimum Gasteiger partial charge on any atom is -0.321 e. The van der Waals surface area contributed by atoms with E-state index in [1.165, 1.54) is 6.42 Å². The van der Waals surface area contributed by atoms with Gasteiger partial charge in [-0.15, -0.1) is 0 Å². The summed E-state index contributed by atoms with van der Waals surface area (Å²) in [5.74, 6) is -0.0789. The van der Waals surface area contributed by atoms with Gasteiger partial charge in [-0.1, -0.05) is 19.3 Å². The zero-order chi connectivity index (χ0) is 12.5. The van der Waals surface area contributed by atoms with Crippen LogP contribution in [-0.4, -0.2) is 21.6 Å². The highest BCUT2D eigenvalue weighted by atomic mass is 16.2. The summed E-state index contributed by atoms with van der Waals surface area (Å²) in [7, 11) is 0. The normalized spacial score (nSPS) is 19.0. The fraction of sp³-hybridized carbons (Fsp3) is 0.667. The van der Waals surface area contributed by atoms with E-state index in [2.05, 4.69) is 15.5 Å². The SMILES string of the molecule is Cc1n[nH]c(C)c1NC(=O)C1(N)CCCCC1. The van der Waals surface area contributed by atoms with Gasteiger partial charge in [-0.05, 0) is 26.7 Å². The molecule has 0 unspecified atom stereocenters. The van der Waals surface area contributed by atoms with Crippen molar-refractivity contribution >= 4 is 11.6 Å². The van der Waals surface area contributed by atoms with E-state index in [9.17, 15) is 4.79 Å². The molecule has 1 aliphatic rings. The highest BCUT2D eigenvalue weighted by molar-refractivity contribution is 5.98. The van der Waals surface area contributed by atoms with Gasteiger partial charge in [0.2, 0.25) is 5.91 Å². The number of anilines is 1. The van der Waals surface area contributed by atoms with Gasteiger partial charge in [-0.3, -0.25) is 9.89 Å². The summed E-state index contributed by atoms with van der Waals surface area (Å²) in [5, 5.41) is 9.82. The molecule has 5 nitrogen and oxygen atoms in total. The second kappa shape index (κ2) is 4.49. The Morgan fingerprint density at radius 2 is 2.00 bits per heavy atom. The minimum atomic E-state index is -0.700. The van der Waals surface area contributed by atoms with Crippen molar-refractivity contribution in [3.63, 3.8) is 0 Å². The standard InChI is InChI=1S/C12H20N4O/c1-8-10(9(2)16-15-8)14-11(17)12(13)6-4-3-5-7-12/h3-7,13H2,1-2H3,(H,14,17)(H,15,16). The topological polar surface area (TPSA) is 83.8 Å². The number of amides is 1. The molecule has 5 heteroatoms. The van der Waals surface area contributed by atoms with Crippen LogP contribution in [0.3, 0.4) is 0 Å². The molecule has 1 saturated carbocycles. The van der Waals surface area contributed by atoms with Crippen LogP contribution in [0.1, 0.15) is 43.5 Å². The van der Waals surface area contributed by atoms with E-state index in [1.807, 2.05) is 13.8 Å². The molecule has 1 fully saturated rings. The first-order valence-electron chi connectivity index (χ1n) is 6.15. The summed E-state index contributed by atoms with van der Waals surface area (Å²) in [4.78, 5) is 12.2. The summed E-state index contributed by atoms with van der Waals surface area (Å²) in [6, 6.07) is 0. The number of carbonyl (C=O) groups excluding carboxylic acids is 1. The first kappa shape index (κ1) is 12.1. The molecule has 17 heavy (non-hydrogen) atoms. The van der Waals surface area contributed by atoms with E-state index in [0.29, 0.717) is 0 Å². The fourth-order valence-corrected chi connectivity index (χ4v) is 2.38. The maximum Gasteiger partial charge on any atom is 0.244 e. The first-order chi connectivity index (χ1) is 8.03. The van der Waals surface area contributed by atoms with Crippen LogP contribution in [0.25, 0.3) is 0 Å². The fourth-order valence-electron chi connectivity index (χ4n) is 2.38. The number of nitrogens with one attached hydrogen (secondary N) is 2. The van der Waals surface area contributed by atoms with Gasteiger partial charge in [0.1, 0.15) is 0 Å². The molecule has 1 aliphatic carbocycles. The van der Waals surface area contributed by atoms with Crippen molar-refractivity contribution in [2.24, 2.45) is 5.73 Å². The lowest BCUT2D eigenvalue weighted by Gasteiger charge is -2.31. The molecular weight excluding hydrogens is 216 g/mol. The lowest BCUT2D eigenvalue weighted by molar-refractivity contribution is -0.122. The Morgan fingerprint density at radius 3 is 2.53 bits per heavy atom. The Hall–Kier alpha value is -1.36. The van der Waals surface area contributed by atoms with Crippen molar-refractivity contribution in [2.75, 3.05) is 5.32 Å². The number of aryl methyl sites for hydroxylation is 2. The Labute approximate surface area is 101 Å². The number of hydrogen-bond donors (Lipinski definition) is 3. The van der Waals surface area contributed by atoms with Crippen LogP contribution in [0, 0.1) is 13.8 Å². The zero-order valence-electron chi connectivity index (χ0n) is 10.5. The van der Waals surface area contributed by atoms with Crippen LogP contribution < -0.4 is 11.1 Å². The number of nitrogens with two attached hydrogens (primary N) is 1. The molecular formula is C12H20N4O. The number of hydrogen-bond acceptors (Lipinski definition) is 3. The van der Waals surface area contributed by atoms with Gasteiger partial charge >= 0.3 is 0 Å². The van der Waals surface area contributed by atoms with Crippen LogP contribution >= 0.6 is 0 Å². The van der Waals surface area contributed by atoms with Crippen molar-refractivity contribution < 1.29 is 4.79 Å². The molecule has 94 valence electrons. The summed E-state index contributed by atoms with van der Waals surface area (Å²) in [5.41, 5.74) is 7.92. The van der Waals surface area contributed by atoms with Gasteiger partial charge in [-0.2, -0.15) is 5.10 Å². The lowest BCUT2D eigenvalue weighted by Crippen LogP contribution is -2.52. The van der Waals surface area contributed by atoms with Gasteiger partial charge < -0.3 is 11.1 Å². The van der Waals surface area contributed by atoms with Crippen molar-refractivity contribution in [1.82, 2.24) is 10.2 Å². The van der Waals surface area contributed by atoms with Gasteiger partial charge in [0.15, 0.2) is 0 Å². The molecule has 0 aliphatic heterocycles. The molecule has 1 amide bonds. The quantitative estimate of drug-likeness (QED) is 0.729. The Morgan fingerprint density at radius 1 is 1.35 bits per heavy atom. The van der Waals surface area contributed by atoms with E-state index in [1.54, 1.807) is 0 Å². The molecule has 0 aromatic carbocycles. The molecule has 0 radical (unpaired) electrons. The summed E-state index contributed by atoms with van der Waals surface area (Å²) < 4.78 is 0. The number of carbonyl (C=O) groups is 1. The number of aromatic amines is 1. The Kier molecular flexibility index (Phi) is 3.19. The largest absolute Gasteiger partial charge is 0.321 e. The van der Waals surface area contributed by atoms with E-state index in [4.69, 9.17) is 5.73 Å². The Balaban J connectivity index is 2.11. The third-order valence-electron chi connectivity index (χ3n) is 3.56. The highest BCUT2D eigenvalue weighted by Crippen LogP contribution is 2.28. The van der Waals surface area contributed by atoms with Crippen molar-refractivity contribution in [3.8, 4) is 0 Å². The molecule has 0 atom stereocenters. The molecule has 2 rings (SSSR count). The van der Waals surface area contributed by atoms with Gasteiger partial charge in [0, 0.05) is 0 Å². The molecule has 1 aromatic heterocycles. The predicted octanol–water partition coefficient (Wildman–Crippen LogP) is 1.63. The summed E-state index contributed by atoms with van der Waals surface area (Å²) >= 11 is 0. The monoisotopic (exact) mass is 236 g/mol.